The standard InChI is InChI=1S/C19H27F2N7O/c1-26(2)8-3-7-23-19(29)13-4-9-27(10-5-13)14-12-16(22)24-18(17(14)21)28-11-6-15(20)25-28/h6,11-13H,3-5,7-10H2,1-2H3,(H2,22,24)(H,23,29). The maximum absolute atomic E-state index is 15.0. The van der Waals surface area contributed by atoms with Crippen molar-refractivity contribution in [2.24, 2.45) is 5.92 Å². The Bertz CT molecular complexity index is 847. The van der Waals surface area contributed by atoms with Crippen LogP contribution >= 0.6 is 0 Å². The number of nitrogens with one attached hydrogen (secondary N) is 1. The molecule has 1 amide bonds. The Morgan fingerprint density at radius 2 is 2.07 bits per heavy atom. The second-order valence-electron chi connectivity index (χ2n) is 7.50. The Hall–Kier alpha value is -2.75. The molecule has 1 aliphatic rings. The summed E-state index contributed by atoms with van der Waals surface area (Å²) in [5.41, 5.74) is 6.12. The summed E-state index contributed by atoms with van der Waals surface area (Å²) in [5, 5.41) is 6.55. The summed E-state index contributed by atoms with van der Waals surface area (Å²) in [6.07, 6.45) is 3.42. The van der Waals surface area contributed by atoms with Gasteiger partial charge in [-0.15, -0.1) is 5.10 Å². The number of amides is 1. The number of rotatable bonds is 7. The molecule has 158 valence electrons. The number of anilines is 2. The predicted octanol–water partition coefficient (Wildman–Crippen LogP) is 1.41. The number of carbonyl (C=O) groups excluding carboxylic acids is 1. The smallest absolute Gasteiger partial charge is 0.233 e. The molecule has 3 N–H and O–H groups in total. The fourth-order valence-corrected chi connectivity index (χ4v) is 3.46. The number of halogens is 2. The fourth-order valence-electron chi connectivity index (χ4n) is 3.46. The lowest BCUT2D eigenvalue weighted by Crippen LogP contribution is -2.41. The number of pyridine rings is 1. The van der Waals surface area contributed by atoms with Gasteiger partial charge in [0, 0.05) is 43.9 Å². The molecule has 0 saturated carbocycles. The number of nitrogens with two attached hydrogens (primary N) is 1. The number of hydrogen-bond acceptors (Lipinski definition) is 6. The minimum Gasteiger partial charge on any atom is -0.384 e. The highest BCUT2D eigenvalue weighted by molar-refractivity contribution is 5.79. The number of carbonyl (C=O) groups is 1. The van der Waals surface area contributed by atoms with E-state index in [1.807, 2.05) is 19.0 Å². The molecule has 29 heavy (non-hydrogen) atoms. The lowest BCUT2D eigenvalue weighted by atomic mass is 9.95. The highest BCUT2D eigenvalue weighted by Gasteiger charge is 2.27. The van der Waals surface area contributed by atoms with Gasteiger partial charge in [0.15, 0.2) is 11.6 Å². The van der Waals surface area contributed by atoms with Crippen LogP contribution in [0.1, 0.15) is 19.3 Å². The summed E-state index contributed by atoms with van der Waals surface area (Å²) in [4.78, 5) is 20.2. The van der Waals surface area contributed by atoms with Crippen LogP contribution in [0.15, 0.2) is 18.3 Å². The van der Waals surface area contributed by atoms with Crippen molar-refractivity contribution in [2.75, 3.05) is 50.9 Å². The van der Waals surface area contributed by atoms with Crippen molar-refractivity contribution >= 4 is 17.4 Å². The molecule has 0 aliphatic carbocycles. The van der Waals surface area contributed by atoms with Gasteiger partial charge in [-0.25, -0.2) is 14.1 Å². The van der Waals surface area contributed by atoms with Gasteiger partial charge in [0.2, 0.25) is 11.9 Å². The van der Waals surface area contributed by atoms with Gasteiger partial charge in [0.1, 0.15) is 5.82 Å². The fraction of sp³-hybridized carbons (Fsp3) is 0.526. The van der Waals surface area contributed by atoms with E-state index in [1.54, 1.807) is 0 Å². The largest absolute Gasteiger partial charge is 0.384 e. The first-order chi connectivity index (χ1) is 13.8. The number of aromatic nitrogens is 3. The zero-order valence-electron chi connectivity index (χ0n) is 16.7. The van der Waals surface area contributed by atoms with Gasteiger partial charge in [-0.1, -0.05) is 0 Å². The van der Waals surface area contributed by atoms with Crippen LogP contribution in [0, 0.1) is 17.7 Å². The average Bonchev–Trinajstić information content (AvgIpc) is 3.12. The molecule has 1 saturated heterocycles. The van der Waals surface area contributed by atoms with Crippen molar-refractivity contribution in [3.05, 3.63) is 30.1 Å². The number of nitrogens with zero attached hydrogens (tertiary/aromatic N) is 5. The third-order valence-electron chi connectivity index (χ3n) is 5.00. The minimum absolute atomic E-state index is 0.0471. The van der Waals surface area contributed by atoms with Crippen LogP contribution < -0.4 is 16.0 Å². The molecule has 10 heteroatoms. The topological polar surface area (TPSA) is 92.3 Å². The molecule has 8 nitrogen and oxygen atoms in total. The summed E-state index contributed by atoms with van der Waals surface area (Å²) in [7, 11) is 3.99. The lowest BCUT2D eigenvalue weighted by Gasteiger charge is -2.33. The SMILES string of the molecule is CN(C)CCCNC(=O)C1CCN(c2cc(N)nc(-n3ccc(F)n3)c2F)CC1. The van der Waals surface area contributed by atoms with Gasteiger partial charge in [-0.2, -0.15) is 4.39 Å². The molecule has 0 atom stereocenters. The summed E-state index contributed by atoms with van der Waals surface area (Å²) in [6, 6.07) is 2.58. The van der Waals surface area contributed by atoms with Crippen LogP contribution in [0.2, 0.25) is 0 Å². The predicted molar refractivity (Wildman–Crippen MR) is 107 cm³/mol. The minimum atomic E-state index is -0.729. The van der Waals surface area contributed by atoms with Gasteiger partial charge in [0.05, 0.1) is 5.69 Å². The van der Waals surface area contributed by atoms with E-state index in [9.17, 15) is 9.18 Å². The molecular weight excluding hydrogens is 380 g/mol. The second-order valence-corrected chi connectivity index (χ2v) is 7.50. The molecule has 3 heterocycles. The van der Waals surface area contributed by atoms with E-state index in [4.69, 9.17) is 5.73 Å². The molecule has 0 radical (unpaired) electrons. The molecule has 2 aromatic heterocycles. The normalized spacial score (nSPS) is 15.1. The molecule has 1 aliphatic heterocycles. The van der Waals surface area contributed by atoms with E-state index >= 15 is 4.39 Å². The zero-order chi connectivity index (χ0) is 21.0. The maximum Gasteiger partial charge on any atom is 0.233 e. The molecule has 0 aromatic carbocycles. The van der Waals surface area contributed by atoms with Gasteiger partial charge in [-0.05, 0) is 39.9 Å². The molecule has 1 fully saturated rings. The highest BCUT2D eigenvalue weighted by Crippen LogP contribution is 2.29. The molecule has 0 unspecified atom stereocenters. The van der Waals surface area contributed by atoms with E-state index < -0.39 is 11.8 Å². The third kappa shape index (κ3) is 5.20. The molecule has 3 rings (SSSR count). The number of nitrogen functional groups attached to an aromatic ring is 1. The van der Waals surface area contributed by atoms with Crippen molar-refractivity contribution in [1.29, 1.82) is 0 Å². The van der Waals surface area contributed by atoms with Crippen LogP contribution in [0.5, 0.6) is 0 Å². The molecule has 2 aromatic rings. The van der Waals surface area contributed by atoms with Crippen LogP contribution in [-0.2, 0) is 4.79 Å². The maximum atomic E-state index is 15.0. The first kappa shape index (κ1) is 21.0. The Kier molecular flexibility index (Phi) is 6.63. The van der Waals surface area contributed by atoms with Crippen molar-refractivity contribution in [3.63, 3.8) is 0 Å². The van der Waals surface area contributed by atoms with Crippen LogP contribution in [-0.4, -0.2) is 65.8 Å². The quantitative estimate of drug-likeness (QED) is 0.675. The number of hydrogen-bond donors (Lipinski definition) is 2. The van der Waals surface area contributed by atoms with E-state index in [2.05, 4.69) is 20.3 Å². The summed E-state index contributed by atoms with van der Waals surface area (Å²) < 4.78 is 29.3. The third-order valence-corrected chi connectivity index (χ3v) is 5.00. The van der Waals surface area contributed by atoms with E-state index in [-0.39, 0.29) is 29.1 Å². The molecular formula is C19H27F2N7O. The highest BCUT2D eigenvalue weighted by atomic mass is 19.1. The van der Waals surface area contributed by atoms with E-state index in [0.29, 0.717) is 32.5 Å². The molecule has 0 bridgehead atoms. The lowest BCUT2D eigenvalue weighted by molar-refractivity contribution is -0.125. The Balaban J connectivity index is 1.62. The van der Waals surface area contributed by atoms with Crippen LogP contribution in [0.25, 0.3) is 5.82 Å². The van der Waals surface area contributed by atoms with E-state index in [1.165, 1.54) is 12.3 Å². The average molecular weight is 407 g/mol. The summed E-state index contributed by atoms with van der Waals surface area (Å²) in [6.45, 7) is 2.60. The van der Waals surface area contributed by atoms with Gasteiger partial charge in [0.25, 0.3) is 0 Å². The van der Waals surface area contributed by atoms with Gasteiger partial charge in [-0.3, -0.25) is 4.79 Å². The van der Waals surface area contributed by atoms with Crippen LogP contribution in [0.4, 0.5) is 20.3 Å². The Labute approximate surface area is 168 Å². The van der Waals surface area contributed by atoms with Gasteiger partial charge < -0.3 is 20.9 Å². The monoisotopic (exact) mass is 407 g/mol. The van der Waals surface area contributed by atoms with Crippen molar-refractivity contribution in [2.45, 2.75) is 19.3 Å². The van der Waals surface area contributed by atoms with E-state index in [0.717, 1.165) is 23.7 Å². The number of piperidine rings is 1. The van der Waals surface area contributed by atoms with Crippen LogP contribution in [0.3, 0.4) is 0 Å². The van der Waals surface area contributed by atoms with Crippen molar-refractivity contribution < 1.29 is 13.6 Å². The Morgan fingerprint density at radius 3 is 2.69 bits per heavy atom. The second kappa shape index (κ2) is 9.17. The Morgan fingerprint density at radius 1 is 1.34 bits per heavy atom. The summed E-state index contributed by atoms with van der Waals surface area (Å²) in [5.74, 6) is -1.42. The first-order valence-electron chi connectivity index (χ1n) is 9.70. The summed E-state index contributed by atoms with van der Waals surface area (Å²) >= 11 is 0. The van der Waals surface area contributed by atoms with Gasteiger partial charge >= 0.3 is 0 Å². The first-order valence-corrected chi connectivity index (χ1v) is 9.70. The molecule has 0 spiro atoms. The van der Waals surface area contributed by atoms with Crippen molar-refractivity contribution in [3.8, 4) is 5.82 Å². The zero-order valence-corrected chi connectivity index (χ0v) is 16.7. The van der Waals surface area contributed by atoms with Crippen molar-refractivity contribution in [1.82, 2.24) is 25.0 Å².